The highest BCUT2D eigenvalue weighted by Crippen LogP contribution is 2.24. The topological polar surface area (TPSA) is 53.9 Å². The fourth-order valence-electron chi connectivity index (χ4n) is 3.02. The van der Waals surface area contributed by atoms with Crippen molar-refractivity contribution in [3.8, 4) is 0 Å². The van der Waals surface area contributed by atoms with Gasteiger partial charge in [0.25, 0.3) is 0 Å². The number of nitrogens with zero attached hydrogens (tertiary/aromatic N) is 4. The van der Waals surface area contributed by atoms with Crippen molar-refractivity contribution in [3.05, 3.63) is 35.5 Å². The average molecular weight is 297 g/mol. The summed E-state index contributed by atoms with van der Waals surface area (Å²) < 4.78 is 0. The molecule has 0 radical (unpaired) electrons. The third-order valence-electron chi connectivity index (χ3n) is 4.25. The van der Waals surface area contributed by atoms with Gasteiger partial charge in [-0.3, -0.25) is 0 Å². The predicted molar refractivity (Wildman–Crippen MR) is 89.6 cm³/mol. The van der Waals surface area contributed by atoms with Crippen LogP contribution in [0.15, 0.2) is 24.4 Å². The molecule has 0 bridgehead atoms. The maximum atomic E-state index is 4.65. The van der Waals surface area contributed by atoms with E-state index in [4.69, 9.17) is 0 Å². The van der Waals surface area contributed by atoms with Crippen LogP contribution >= 0.6 is 0 Å². The smallest absolute Gasteiger partial charge is 0.249 e. The molecular weight excluding hydrogens is 274 g/mol. The summed E-state index contributed by atoms with van der Waals surface area (Å²) in [4.78, 5) is 6.95. The minimum atomic E-state index is 0.563. The Morgan fingerprint density at radius 2 is 2.00 bits per heavy atom. The standard InChI is InChI=1S/C17H23N5/c1-12-6-5-9-22(11-12)15-10-18-21-17(19-15)20-16-13(2)7-4-8-14(16)3/h4,7-8,10,12H,5-6,9,11H2,1-3H3,(H,19,20,21). The Balaban J connectivity index is 1.82. The van der Waals surface area contributed by atoms with E-state index in [0.717, 1.165) is 24.6 Å². The Hall–Kier alpha value is -2.17. The second kappa shape index (κ2) is 6.30. The number of nitrogens with one attached hydrogen (secondary N) is 1. The van der Waals surface area contributed by atoms with Crippen molar-refractivity contribution in [2.75, 3.05) is 23.3 Å². The molecular formula is C17H23N5. The first-order valence-electron chi connectivity index (χ1n) is 7.91. The zero-order valence-electron chi connectivity index (χ0n) is 13.5. The van der Waals surface area contributed by atoms with E-state index in [0.29, 0.717) is 11.9 Å². The molecule has 1 aliphatic heterocycles. The van der Waals surface area contributed by atoms with Gasteiger partial charge in [0, 0.05) is 18.8 Å². The van der Waals surface area contributed by atoms with Gasteiger partial charge >= 0.3 is 0 Å². The van der Waals surface area contributed by atoms with E-state index in [-0.39, 0.29) is 0 Å². The van der Waals surface area contributed by atoms with E-state index in [2.05, 4.69) is 64.4 Å². The van der Waals surface area contributed by atoms with Crippen molar-refractivity contribution in [3.63, 3.8) is 0 Å². The Bertz CT molecular complexity index is 635. The third kappa shape index (κ3) is 3.18. The monoisotopic (exact) mass is 297 g/mol. The molecule has 0 aliphatic carbocycles. The highest BCUT2D eigenvalue weighted by molar-refractivity contribution is 5.63. The summed E-state index contributed by atoms with van der Waals surface area (Å²) in [6, 6.07) is 6.22. The molecule has 2 heterocycles. The van der Waals surface area contributed by atoms with Crippen LogP contribution in [0.4, 0.5) is 17.5 Å². The molecule has 0 amide bonds. The number of rotatable bonds is 3. The van der Waals surface area contributed by atoms with Crippen molar-refractivity contribution >= 4 is 17.5 Å². The molecule has 0 spiro atoms. The minimum absolute atomic E-state index is 0.563. The van der Waals surface area contributed by atoms with Crippen LogP contribution in [0, 0.1) is 19.8 Å². The van der Waals surface area contributed by atoms with Crippen LogP contribution in [0.3, 0.4) is 0 Å². The van der Waals surface area contributed by atoms with E-state index in [1.165, 1.54) is 24.0 Å². The Morgan fingerprint density at radius 1 is 1.23 bits per heavy atom. The first kappa shape index (κ1) is 14.8. The van der Waals surface area contributed by atoms with Gasteiger partial charge in [0.15, 0.2) is 5.82 Å². The molecule has 1 N–H and O–H groups in total. The van der Waals surface area contributed by atoms with Gasteiger partial charge < -0.3 is 10.2 Å². The van der Waals surface area contributed by atoms with E-state index in [1.54, 1.807) is 6.20 Å². The van der Waals surface area contributed by atoms with Crippen LogP contribution in [-0.4, -0.2) is 28.3 Å². The fourth-order valence-corrected chi connectivity index (χ4v) is 3.02. The number of aromatic nitrogens is 3. The van der Waals surface area contributed by atoms with Gasteiger partial charge in [-0.05, 0) is 43.7 Å². The SMILES string of the molecule is Cc1cccc(C)c1Nc1nncc(N2CCCC(C)C2)n1. The highest BCUT2D eigenvalue weighted by Gasteiger charge is 2.18. The molecule has 2 aromatic rings. The number of benzene rings is 1. The zero-order valence-corrected chi connectivity index (χ0v) is 13.5. The molecule has 1 aromatic carbocycles. The highest BCUT2D eigenvalue weighted by atomic mass is 15.3. The van der Waals surface area contributed by atoms with Crippen LogP contribution in [0.1, 0.15) is 30.9 Å². The Morgan fingerprint density at radius 3 is 2.73 bits per heavy atom. The molecule has 0 saturated carbocycles. The fraction of sp³-hybridized carbons (Fsp3) is 0.471. The molecule has 1 saturated heterocycles. The first-order valence-corrected chi connectivity index (χ1v) is 7.91. The second-order valence-electron chi connectivity index (χ2n) is 6.22. The molecule has 5 nitrogen and oxygen atoms in total. The summed E-state index contributed by atoms with van der Waals surface area (Å²) in [5.74, 6) is 2.18. The Kier molecular flexibility index (Phi) is 4.22. The molecule has 1 fully saturated rings. The summed E-state index contributed by atoms with van der Waals surface area (Å²) in [5, 5.41) is 11.6. The largest absolute Gasteiger partial charge is 0.355 e. The van der Waals surface area contributed by atoms with Crippen LogP contribution in [-0.2, 0) is 0 Å². The van der Waals surface area contributed by atoms with E-state index >= 15 is 0 Å². The van der Waals surface area contributed by atoms with Gasteiger partial charge in [-0.25, -0.2) is 0 Å². The van der Waals surface area contributed by atoms with Gasteiger partial charge in [-0.1, -0.05) is 25.1 Å². The number of piperidine rings is 1. The summed E-state index contributed by atoms with van der Waals surface area (Å²) in [5.41, 5.74) is 3.43. The van der Waals surface area contributed by atoms with Gasteiger partial charge in [-0.2, -0.15) is 10.1 Å². The third-order valence-corrected chi connectivity index (χ3v) is 4.25. The molecule has 1 atom stereocenters. The lowest BCUT2D eigenvalue weighted by atomic mass is 10.0. The number of para-hydroxylation sites is 1. The van der Waals surface area contributed by atoms with Crippen LogP contribution in [0.2, 0.25) is 0 Å². The van der Waals surface area contributed by atoms with E-state index in [1.807, 2.05) is 0 Å². The molecule has 116 valence electrons. The first-order chi connectivity index (χ1) is 10.6. The summed E-state index contributed by atoms with van der Waals surface area (Å²) in [7, 11) is 0. The molecule has 1 aliphatic rings. The minimum Gasteiger partial charge on any atom is -0.355 e. The lowest BCUT2D eigenvalue weighted by Crippen LogP contribution is -2.35. The number of hydrogen-bond donors (Lipinski definition) is 1. The number of aryl methyl sites for hydroxylation is 2. The number of anilines is 3. The molecule has 1 unspecified atom stereocenters. The molecule has 5 heteroatoms. The van der Waals surface area contributed by atoms with Crippen LogP contribution in [0.25, 0.3) is 0 Å². The predicted octanol–water partition coefficient (Wildman–Crippen LogP) is 3.47. The summed E-state index contributed by atoms with van der Waals surface area (Å²) >= 11 is 0. The van der Waals surface area contributed by atoms with E-state index in [9.17, 15) is 0 Å². The lowest BCUT2D eigenvalue weighted by Gasteiger charge is -2.31. The van der Waals surface area contributed by atoms with Gasteiger partial charge in [0.1, 0.15) is 0 Å². The maximum absolute atomic E-state index is 4.65. The van der Waals surface area contributed by atoms with Gasteiger partial charge in [0.2, 0.25) is 5.95 Å². The second-order valence-corrected chi connectivity index (χ2v) is 6.22. The van der Waals surface area contributed by atoms with Crippen molar-refractivity contribution in [1.29, 1.82) is 0 Å². The van der Waals surface area contributed by atoms with Crippen molar-refractivity contribution in [2.45, 2.75) is 33.6 Å². The van der Waals surface area contributed by atoms with E-state index < -0.39 is 0 Å². The molecule has 3 rings (SSSR count). The zero-order chi connectivity index (χ0) is 15.5. The maximum Gasteiger partial charge on any atom is 0.249 e. The molecule has 1 aromatic heterocycles. The summed E-state index contributed by atoms with van der Waals surface area (Å²) in [6.07, 6.45) is 4.27. The van der Waals surface area contributed by atoms with Crippen molar-refractivity contribution in [1.82, 2.24) is 15.2 Å². The lowest BCUT2D eigenvalue weighted by molar-refractivity contribution is 0.444. The van der Waals surface area contributed by atoms with Gasteiger partial charge in [-0.15, -0.1) is 5.10 Å². The quantitative estimate of drug-likeness (QED) is 0.940. The van der Waals surface area contributed by atoms with Crippen LogP contribution in [0.5, 0.6) is 0 Å². The van der Waals surface area contributed by atoms with Crippen molar-refractivity contribution in [2.24, 2.45) is 5.92 Å². The Labute approximate surface area is 131 Å². The average Bonchev–Trinajstić information content (AvgIpc) is 2.51. The summed E-state index contributed by atoms with van der Waals surface area (Å²) in [6.45, 7) is 8.54. The van der Waals surface area contributed by atoms with Crippen LogP contribution < -0.4 is 10.2 Å². The van der Waals surface area contributed by atoms with Crippen molar-refractivity contribution < 1.29 is 0 Å². The van der Waals surface area contributed by atoms with Gasteiger partial charge in [0.05, 0.1) is 6.20 Å². The number of hydrogen-bond acceptors (Lipinski definition) is 5. The molecule has 22 heavy (non-hydrogen) atoms. The normalized spacial score (nSPS) is 18.3.